The van der Waals surface area contributed by atoms with Gasteiger partial charge in [-0.15, -0.1) is 10.2 Å². The maximum atomic E-state index is 12.5. The van der Waals surface area contributed by atoms with Gasteiger partial charge in [0.25, 0.3) is 5.91 Å². The molecule has 3 heterocycles. The van der Waals surface area contributed by atoms with Crippen LogP contribution in [0.1, 0.15) is 37.6 Å². The molecular weight excluding hydrogens is 480 g/mol. The molecule has 0 atom stereocenters. The van der Waals surface area contributed by atoms with Crippen LogP contribution in [0.25, 0.3) is 10.6 Å². The maximum Gasteiger partial charge on any atom is 0.335 e. The van der Waals surface area contributed by atoms with Gasteiger partial charge >= 0.3 is 5.97 Å². The molecule has 4 aromatic rings. The molecule has 1 aliphatic heterocycles. The van der Waals surface area contributed by atoms with Crippen molar-refractivity contribution in [1.82, 2.24) is 15.4 Å². The van der Waals surface area contributed by atoms with Gasteiger partial charge < -0.3 is 20.3 Å². The molecule has 0 saturated carbocycles. The van der Waals surface area contributed by atoms with Crippen molar-refractivity contribution in [2.45, 2.75) is 13.5 Å². The molecule has 3 N–H and O–H groups in total. The van der Waals surface area contributed by atoms with Gasteiger partial charge in [-0.25, -0.2) is 4.79 Å². The van der Waals surface area contributed by atoms with Crippen molar-refractivity contribution in [3.8, 4) is 10.6 Å². The lowest BCUT2D eigenvalue weighted by molar-refractivity contribution is 0.0696. The van der Waals surface area contributed by atoms with Gasteiger partial charge in [-0.1, -0.05) is 34.2 Å². The van der Waals surface area contributed by atoms with Crippen molar-refractivity contribution in [1.29, 1.82) is 0 Å². The van der Waals surface area contributed by atoms with Crippen LogP contribution in [0.5, 0.6) is 0 Å². The molecule has 0 saturated heterocycles. The summed E-state index contributed by atoms with van der Waals surface area (Å²) in [6.45, 7) is 2.29. The third kappa shape index (κ3) is 4.14. The molecule has 0 unspecified atom stereocenters. The molecule has 2 aromatic heterocycles. The van der Waals surface area contributed by atoms with Crippen LogP contribution in [-0.2, 0) is 6.54 Å². The molecule has 10 nitrogen and oxygen atoms in total. The molecule has 1 amide bonds. The first-order chi connectivity index (χ1) is 16.4. The minimum absolute atomic E-state index is 0.0206. The third-order valence-electron chi connectivity index (χ3n) is 5.06. The normalized spacial score (nSPS) is 11.9. The number of hydrogen-bond donors (Lipinski definition) is 3. The molecule has 0 radical (unpaired) electrons. The number of aliphatic imine (C=N–C) groups is 1. The Bertz CT molecular complexity index is 1480. The van der Waals surface area contributed by atoms with Crippen LogP contribution in [0.2, 0.25) is 5.02 Å². The number of benzene rings is 2. The zero-order valence-corrected chi connectivity index (χ0v) is 19.1. The van der Waals surface area contributed by atoms with Gasteiger partial charge in [0.15, 0.2) is 0 Å². The molecule has 170 valence electrons. The Hall–Kier alpha value is -4.09. The number of aromatic nitrogens is 3. The number of fused-ring (bicyclic) bond motifs is 1. The summed E-state index contributed by atoms with van der Waals surface area (Å²) >= 11 is 7.70. The Morgan fingerprint density at radius 3 is 2.82 bits per heavy atom. The van der Waals surface area contributed by atoms with E-state index in [-0.39, 0.29) is 17.0 Å². The highest BCUT2D eigenvalue weighted by molar-refractivity contribution is 7.18. The Labute approximate surface area is 201 Å². The molecule has 12 heteroatoms. The number of aromatic carboxylic acids is 1. The predicted octanol–water partition coefficient (Wildman–Crippen LogP) is 4.78. The van der Waals surface area contributed by atoms with Crippen LogP contribution in [0.3, 0.4) is 0 Å². The van der Waals surface area contributed by atoms with Gasteiger partial charge in [-0.3, -0.25) is 9.79 Å². The molecule has 34 heavy (non-hydrogen) atoms. The number of hydrogen-bond acceptors (Lipinski definition) is 9. The average Bonchev–Trinajstić information content (AvgIpc) is 3.56. The third-order valence-corrected chi connectivity index (χ3v) is 6.35. The van der Waals surface area contributed by atoms with E-state index in [2.05, 4.69) is 31.0 Å². The highest BCUT2D eigenvalue weighted by Gasteiger charge is 2.19. The van der Waals surface area contributed by atoms with E-state index in [0.29, 0.717) is 38.5 Å². The molecule has 0 spiro atoms. The second-order valence-corrected chi connectivity index (χ2v) is 8.76. The van der Waals surface area contributed by atoms with Gasteiger partial charge in [-0.05, 0) is 36.8 Å². The van der Waals surface area contributed by atoms with Crippen molar-refractivity contribution in [3.63, 3.8) is 0 Å². The zero-order valence-electron chi connectivity index (χ0n) is 17.5. The van der Waals surface area contributed by atoms with Crippen molar-refractivity contribution in [2.24, 2.45) is 4.99 Å². The van der Waals surface area contributed by atoms with Crippen molar-refractivity contribution >= 4 is 57.5 Å². The largest absolute Gasteiger partial charge is 0.478 e. The second kappa shape index (κ2) is 8.69. The van der Waals surface area contributed by atoms with Gasteiger partial charge in [0.05, 0.1) is 29.0 Å². The lowest BCUT2D eigenvalue weighted by Crippen LogP contribution is -2.13. The number of carboxylic acids is 1. The fraction of sp³-hybridized carbons (Fsp3) is 0.0909. The summed E-state index contributed by atoms with van der Waals surface area (Å²) in [6, 6.07) is 8.21. The van der Waals surface area contributed by atoms with E-state index in [0.717, 1.165) is 11.1 Å². The molecule has 0 fully saturated rings. The predicted molar refractivity (Wildman–Crippen MR) is 128 cm³/mol. The van der Waals surface area contributed by atoms with Crippen LogP contribution >= 0.6 is 22.9 Å². The fourth-order valence-electron chi connectivity index (χ4n) is 3.39. The molecule has 5 rings (SSSR count). The lowest BCUT2D eigenvalue weighted by atomic mass is 10.1. The van der Waals surface area contributed by atoms with Crippen LogP contribution in [0, 0.1) is 6.92 Å². The number of carbonyl (C=O) groups excluding carboxylic acids is 1. The summed E-state index contributed by atoms with van der Waals surface area (Å²) in [7, 11) is 0. The van der Waals surface area contributed by atoms with Crippen LogP contribution in [0.15, 0.2) is 46.0 Å². The number of rotatable bonds is 6. The first kappa shape index (κ1) is 21.7. The zero-order chi connectivity index (χ0) is 23.8. The molecule has 1 aliphatic rings. The molecule has 2 aromatic carbocycles. The summed E-state index contributed by atoms with van der Waals surface area (Å²) < 4.78 is 4.96. The quantitative estimate of drug-likeness (QED) is 0.347. The standard InChI is InChI=1S/C22H15ClN6O4S/c1-10-7-25-33-18(10)19(30)26-14-5-12(4-13(6-14)21(31)32)20-28-29-22(34-20)27-16-3-2-11-8-24-9-15(11)17(16)23/h2-7,9H,8H2,1H3,(H,26,30)(H,27,29)(H,31,32). The van der Waals surface area contributed by atoms with Crippen molar-refractivity contribution < 1.29 is 19.2 Å². The van der Waals surface area contributed by atoms with Gasteiger partial charge in [0.1, 0.15) is 5.01 Å². The van der Waals surface area contributed by atoms with Crippen molar-refractivity contribution in [2.75, 3.05) is 10.6 Å². The van der Waals surface area contributed by atoms with E-state index < -0.39 is 11.9 Å². The summed E-state index contributed by atoms with van der Waals surface area (Å²) in [5.74, 6) is -1.65. The monoisotopic (exact) mass is 494 g/mol. The molecule has 0 aliphatic carbocycles. The average molecular weight is 495 g/mol. The smallest absolute Gasteiger partial charge is 0.335 e. The number of halogens is 1. The number of carboxylic acid groups (broad SMARTS) is 1. The van der Waals surface area contributed by atoms with E-state index in [1.54, 1.807) is 19.2 Å². The Kier molecular flexibility index (Phi) is 5.56. The number of aryl methyl sites for hydroxylation is 1. The number of carbonyl (C=O) groups is 2. The summed E-state index contributed by atoms with van der Waals surface area (Å²) in [6.07, 6.45) is 3.16. The minimum Gasteiger partial charge on any atom is -0.478 e. The number of anilines is 3. The maximum absolute atomic E-state index is 12.5. The summed E-state index contributed by atoms with van der Waals surface area (Å²) in [4.78, 5) is 28.4. The van der Waals surface area contributed by atoms with Gasteiger partial charge in [-0.2, -0.15) is 0 Å². The minimum atomic E-state index is -1.15. The van der Waals surface area contributed by atoms with E-state index in [1.807, 2.05) is 12.1 Å². The Morgan fingerprint density at radius 1 is 1.21 bits per heavy atom. The van der Waals surface area contributed by atoms with E-state index >= 15 is 0 Å². The first-order valence-electron chi connectivity index (χ1n) is 9.92. The van der Waals surface area contributed by atoms with Crippen molar-refractivity contribution in [3.05, 3.63) is 69.6 Å². The van der Waals surface area contributed by atoms with Crippen LogP contribution < -0.4 is 10.6 Å². The Morgan fingerprint density at radius 2 is 2.06 bits per heavy atom. The fourth-order valence-corrected chi connectivity index (χ4v) is 4.42. The van der Waals surface area contributed by atoms with Gasteiger partial charge in [0.2, 0.25) is 10.9 Å². The topological polar surface area (TPSA) is 143 Å². The highest BCUT2D eigenvalue weighted by atomic mass is 35.5. The highest BCUT2D eigenvalue weighted by Crippen LogP contribution is 2.35. The summed E-state index contributed by atoms with van der Waals surface area (Å²) in [5.41, 5.74) is 3.85. The van der Waals surface area contributed by atoms with E-state index in [9.17, 15) is 14.7 Å². The van der Waals surface area contributed by atoms with Gasteiger partial charge in [0, 0.05) is 28.6 Å². The number of nitrogens with one attached hydrogen (secondary N) is 2. The summed E-state index contributed by atoms with van der Waals surface area (Å²) in [5, 5.41) is 28.7. The van der Waals surface area contributed by atoms with Crippen LogP contribution in [-0.4, -0.2) is 38.6 Å². The Balaban J connectivity index is 1.43. The SMILES string of the molecule is Cc1cnoc1C(=O)Nc1cc(C(=O)O)cc(-c2nnc(Nc3ccc4c(c3Cl)C=NC4)s2)c1. The first-order valence-corrected chi connectivity index (χ1v) is 11.1. The molecular formula is C22H15ClN6O4S. The van der Waals surface area contributed by atoms with E-state index in [1.165, 1.54) is 29.7 Å². The second-order valence-electron chi connectivity index (χ2n) is 7.40. The molecule has 0 bridgehead atoms. The van der Waals surface area contributed by atoms with E-state index in [4.69, 9.17) is 16.1 Å². The van der Waals surface area contributed by atoms with Crippen LogP contribution in [0.4, 0.5) is 16.5 Å². The number of nitrogens with zero attached hydrogens (tertiary/aromatic N) is 4. The lowest BCUT2D eigenvalue weighted by Gasteiger charge is -2.08. The number of amides is 1.